The molecule has 0 unspecified atom stereocenters. The molecule has 6 nitrogen and oxygen atoms in total. The normalized spacial score (nSPS) is 18.2. The van der Waals surface area contributed by atoms with Crippen LogP contribution in [0, 0.1) is 69.2 Å². The number of rotatable bonds is 7. The predicted octanol–water partition coefficient (Wildman–Crippen LogP) is 10.8. The zero-order valence-electron chi connectivity index (χ0n) is 37.4. The highest BCUT2D eigenvalue weighted by Crippen LogP contribution is 2.48. The molecule has 0 amide bonds. The highest BCUT2D eigenvalue weighted by atomic mass is 19.3. The number of hydrogen-bond donors (Lipinski definition) is 0. The number of fused-ring (bicyclic) bond motifs is 4. The lowest BCUT2D eigenvalue weighted by atomic mass is 9.81. The first-order valence-corrected chi connectivity index (χ1v) is 20.9. The third-order valence-corrected chi connectivity index (χ3v) is 13.2. The monoisotopic (exact) mass is 812 g/mol. The molecular weight excluding hydrogens is 758 g/mol. The Bertz CT molecular complexity index is 2860. The first-order chi connectivity index (χ1) is 28.1. The second kappa shape index (κ2) is 14.0. The Kier molecular flexibility index (Phi) is 9.64. The molecule has 2 aromatic heterocycles. The highest BCUT2D eigenvalue weighted by molar-refractivity contribution is 6.59. The van der Waals surface area contributed by atoms with Crippen LogP contribution in [0.2, 0.25) is 0 Å². The maximum Gasteiger partial charge on any atom is 0.737 e. The van der Waals surface area contributed by atoms with Crippen LogP contribution in [-0.4, -0.2) is 68.8 Å². The zero-order chi connectivity index (χ0) is 43.7. The highest BCUT2D eigenvalue weighted by Gasteiger charge is 2.57. The van der Waals surface area contributed by atoms with Gasteiger partial charge in [-0.1, -0.05) is 35.4 Å². The molecule has 8 rings (SSSR count). The predicted molar refractivity (Wildman–Crippen MR) is 242 cm³/mol. The van der Waals surface area contributed by atoms with Crippen molar-refractivity contribution >= 4 is 48.9 Å². The van der Waals surface area contributed by atoms with Crippen LogP contribution in [0.3, 0.4) is 0 Å². The van der Waals surface area contributed by atoms with Crippen molar-refractivity contribution in [2.75, 3.05) is 13.1 Å². The van der Waals surface area contributed by atoms with E-state index < -0.39 is 13.9 Å². The van der Waals surface area contributed by atoms with Crippen LogP contribution in [0.15, 0.2) is 74.5 Å². The van der Waals surface area contributed by atoms with E-state index in [1.54, 1.807) is 40.1 Å². The van der Waals surface area contributed by atoms with E-state index in [0.717, 1.165) is 77.9 Å². The SMILES string of the molecule is CC1=CC(C)=[N+]2C1=C(c1c(C)cc(C)cc1C)c1c(C)c(C=NCCN=CC3=C(C)C4=C(c5c(C)cc(C)cc5C)c5c(C)cc(C)n5[B-](F)(F)[N+]4=C3C)c(C)n1[B-]2(F)F. The minimum atomic E-state index is -4.20. The summed E-state index contributed by atoms with van der Waals surface area (Å²) >= 11 is 0. The third-order valence-electron chi connectivity index (χ3n) is 13.2. The summed E-state index contributed by atoms with van der Waals surface area (Å²) in [6.45, 7) is 19.1. The van der Waals surface area contributed by atoms with Gasteiger partial charge in [0.15, 0.2) is 11.4 Å². The second-order valence-electron chi connectivity index (χ2n) is 17.6. The molecule has 2 aromatic carbocycles. The lowest BCUT2D eigenvalue weighted by Crippen LogP contribution is -2.51. The Hall–Kier alpha value is -5.51. The number of benzene rings is 2. The molecule has 4 aromatic rings. The van der Waals surface area contributed by atoms with Gasteiger partial charge in [-0.25, -0.2) is 0 Å². The first-order valence-electron chi connectivity index (χ1n) is 20.9. The summed E-state index contributed by atoms with van der Waals surface area (Å²) in [4.78, 5) is 9.43. The van der Waals surface area contributed by atoms with E-state index in [1.807, 2.05) is 39.8 Å². The minimum Gasteiger partial charge on any atom is -0.393 e. The van der Waals surface area contributed by atoms with Crippen LogP contribution in [0.25, 0.3) is 11.1 Å². The molecular formula is C48H54B2F4N6. The van der Waals surface area contributed by atoms with Crippen LogP contribution < -0.4 is 0 Å². The molecule has 0 N–H and O–H groups in total. The molecule has 310 valence electrons. The number of aryl methyl sites for hydroxylation is 8. The van der Waals surface area contributed by atoms with Gasteiger partial charge in [0.25, 0.3) is 0 Å². The molecule has 0 fully saturated rings. The van der Waals surface area contributed by atoms with E-state index in [-0.39, 0.29) is 13.1 Å². The van der Waals surface area contributed by atoms with Gasteiger partial charge in [0.05, 0.1) is 29.8 Å². The average Bonchev–Trinajstić information content (AvgIpc) is 3.78. The average molecular weight is 813 g/mol. The van der Waals surface area contributed by atoms with Gasteiger partial charge in [0.1, 0.15) is 11.4 Å². The van der Waals surface area contributed by atoms with E-state index in [0.29, 0.717) is 56.7 Å². The van der Waals surface area contributed by atoms with Gasteiger partial charge >= 0.3 is 13.9 Å². The first kappa shape index (κ1) is 41.2. The molecule has 0 saturated heterocycles. The van der Waals surface area contributed by atoms with Crippen LogP contribution in [0.4, 0.5) is 17.3 Å². The molecule has 0 saturated carbocycles. The lowest BCUT2D eigenvalue weighted by molar-refractivity contribution is -0.364. The van der Waals surface area contributed by atoms with Crippen molar-refractivity contribution in [3.05, 3.63) is 148 Å². The third kappa shape index (κ3) is 5.76. The van der Waals surface area contributed by atoms with Crippen molar-refractivity contribution < 1.29 is 26.2 Å². The number of nitrogens with zero attached hydrogens (tertiary/aromatic N) is 6. The number of halogens is 4. The minimum absolute atomic E-state index is 0.289. The molecule has 12 heteroatoms. The topological polar surface area (TPSA) is 40.6 Å². The van der Waals surface area contributed by atoms with Crippen LogP contribution >= 0.6 is 0 Å². The van der Waals surface area contributed by atoms with E-state index in [4.69, 9.17) is 9.98 Å². The Labute approximate surface area is 351 Å². The summed E-state index contributed by atoms with van der Waals surface area (Å²) in [5.41, 5.74) is 18.5. The van der Waals surface area contributed by atoms with Gasteiger partial charge in [0.2, 0.25) is 0 Å². The lowest BCUT2D eigenvalue weighted by Gasteiger charge is -2.34. The fraction of sp³-hybridized carbons (Fsp3) is 0.333. The molecule has 4 aliphatic heterocycles. The molecule has 0 atom stereocenters. The molecule has 0 bridgehead atoms. The van der Waals surface area contributed by atoms with E-state index in [2.05, 4.69) is 65.8 Å². The standard InChI is InChI=1S/C48H54B2F4N6/c1-25-17-27(3)41(28(4)18-25)43-45-31(7)21-33(9)57(45)49(51,52)59-37(13)39(35(11)47(43)59)23-55-15-16-56-24-40-36(12)48-44(42-29(5)19-26(2)20-30(42)6)46-32(8)22-34(10)58(46)50(53,54)60(48)38(40)14/h17-24H,15-16H2,1-14H3. The van der Waals surface area contributed by atoms with Gasteiger partial charge in [0, 0.05) is 60.5 Å². The summed E-state index contributed by atoms with van der Waals surface area (Å²) in [6.07, 6.45) is 5.25. The molecule has 6 heterocycles. The fourth-order valence-electron chi connectivity index (χ4n) is 11.1. The van der Waals surface area contributed by atoms with Crippen molar-refractivity contribution in [3.8, 4) is 0 Å². The summed E-state index contributed by atoms with van der Waals surface area (Å²) < 4.78 is 72.4. The van der Waals surface area contributed by atoms with Gasteiger partial charge in [-0.15, -0.1) is 0 Å². The zero-order valence-corrected chi connectivity index (χ0v) is 37.4. The molecule has 0 radical (unpaired) electrons. The number of aliphatic imine (C=N–C) groups is 2. The van der Waals surface area contributed by atoms with Crippen LogP contribution in [0.5, 0.6) is 0 Å². The van der Waals surface area contributed by atoms with Gasteiger partial charge < -0.3 is 35.2 Å². The second-order valence-corrected chi connectivity index (χ2v) is 17.6. The van der Waals surface area contributed by atoms with E-state index >= 15 is 17.3 Å². The summed E-state index contributed by atoms with van der Waals surface area (Å²) in [6, 6.07) is 10.3. The van der Waals surface area contributed by atoms with Crippen LogP contribution in [0.1, 0.15) is 112 Å². The van der Waals surface area contributed by atoms with E-state index in [1.165, 1.54) is 17.9 Å². The summed E-state index contributed by atoms with van der Waals surface area (Å²) in [5.74, 6) is 0. The van der Waals surface area contributed by atoms with Crippen molar-refractivity contribution in [1.82, 2.24) is 8.96 Å². The van der Waals surface area contributed by atoms with Crippen molar-refractivity contribution in [2.45, 2.75) is 96.9 Å². The Morgan fingerprint density at radius 2 is 1.08 bits per heavy atom. The fourth-order valence-corrected chi connectivity index (χ4v) is 11.1. The maximum atomic E-state index is 16.9. The van der Waals surface area contributed by atoms with Gasteiger partial charge in [-0.3, -0.25) is 9.98 Å². The molecule has 0 aliphatic carbocycles. The quantitative estimate of drug-likeness (QED) is 0.0772. The Morgan fingerprint density at radius 3 is 1.63 bits per heavy atom. The van der Waals surface area contributed by atoms with Crippen molar-refractivity contribution in [1.29, 1.82) is 0 Å². The Balaban J connectivity index is 1.16. The summed E-state index contributed by atoms with van der Waals surface area (Å²) in [5, 5.41) is 0. The number of aromatic nitrogens is 2. The maximum absolute atomic E-state index is 16.9. The van der Waals surface area contributed by atoms with Gasteiger partial charge in [-0.2, -0.15) is 0 Å². The Morgan fingerprint density at radius 1 is 0.583 bits per heavy atom. The largest absolute Gasteiger partial charge is 0.737 e. The molecule has 4 aliphatic rings. The molecule has 60 heavy (non-hydrogen) atoms. The number of allylic oxidation sites excluding steroid dienone is 4. The molecule has 0 spiro atoms. The van der Waals surface area contributed by atoms with E-state index in [9.17, 15) is 0 Å². The van der Waals surface area contributed by atoms with Crippen molar-refractivity contribution in [3.63, 3.8) is 0 Å². The van der Waals surface area contributed by atoms with Crippen LogP contribution in [-0.2, 0) is 0 Å². The van der Waals surface area contributed by atoms with Crippen molar-refractivity contribution in [2.24, 2.45) is 9.98 Å². The number of hydrogen-bond acceptors (Lipinski definition) is 2. The summed E-state index contributed by atoms with van der Waals surface area (Å²) in [7, 11) is 0. The smallest absolute Gasteiger partial charge is 0.393 e. The van der Waals surface area contributed by atoms with Gasteiger partial charge in [-0.05, 0) is 145 Å².